The van der Waals surface area contributed by atoms with Gasteiger partial charge in [0.2, 0.25) is 0 Å². The molecule has 0 atom stereocenters. The summed E-state index contributed by atoms with van der Waals surface area (Å²) in [6, 6.07) is 12.2. The Kier molecular flexibility index (Phi) is 6.49. The number of allylic oxidation sites excluding steroid dienone is 1. The highest BCUT2D eigenvalue weighted by Crippen LogP contribution is 2.25. The van der Waals surface area contributed by atoms with Gasteiger partial charge in [-0.3, -0.25) is 4.79 Å². The number of rotatable bonds is 6. The average molecular weight is 400 g/mol. The van der Waals surface area contributed by atoms with Crippen LogP contribution in [0.1, 0.15) is 15.9 Å². The smallest absolute Gasteiger partial charge is 0.185 e. The number of halogens is 3. The summed E-state index contributed by atoms with van der Waals surface area (Å²) in [6.45, 7) is 0.582. The summed E-state index contributed by atoms with van der Waals surface area (Å²) in [5.41, 5.74) is 1.21. The van der Waals surface area contributed by atoms with Crippen LogP contribution in [-0.4, -0.2) is 17.7 Å². The molecule has 2 aromatic rings. The molecule has 0 bridgehead atoms. The van der Waals surface area contributed by atoms with Crippen LogP contribution < -0.4 is 4.74 Å². The molecule has 0 N–H and O–H groups in total. The lowest BCUT2D eigenvalue weighted by molar-refractivity contribution is 0.104. The highest BCUT2D eigenvalue weighted by molar-refractivity contribution is 9.09. The molecule has 0 aliphatic rings. The van der Waals surface area contributed by atoms with Gasteiger partial charge in [0, 0.05) is 26.5 Å². The number of benzene rings is 2. The average Bonchev–Trinajstić information content (AvgIpc) is 2.52. The molecule has 0 radical (unpaired) electrons. The topological polar surface area (TPSA) is 26.3 Å². The quantitative estimate of drug-likeness (QED) is 0.355. The van der Waals surface area contributed by atoms with Gasteiger partial charge < -0.3 is 4.74 Å². The van der Waals surface area contributed by atoms with E-state index in [0.29, 0.717) is 27.8 Å². The molecule has 0 spiro atoms. The van der Waals surface area contributed by atoms with Gasteiger partial charge in [-0.05, 0) is 48.6 Å². The summed E-state index contributed by atoms with van der Waals surface area (Å²) in [5.74, 6) is 0.608. The predicted molar refractivity (Wildman–Crippen MR) is 95.6 cm³/mol. The van der Waals surface area contributed by atoms with E-state index in [1.807, 2.05) is 0 Å². The Balaban J connectivity index is 2.10. The zero-order valence-electron chi connectivity index (χ0n) is 11.6. The van der Waals surface area contributed by atoms with Crippen molar-refractivity contribution in [1.82, 2.24) is 0 Å². The second-order valence-electron chi connectivity index (χ2n) is 4.39. The standard InChI is InChI=1S/C17H13BrCl2O2/c18-10-11-22-13-6-4-12(5-7-13)17(21)9-8-14-15(19)2-1-3-16(14)20/h1-9H,10-11H2/b9-8+. The van der Waals surface area contributed by atoms with Crippen molar-refractivity contribution in [3.63, 3.8) is 0 Å². The van der Waals surface area contributed by atoms with Crippen molar-refractivity contribution in [2.75, 3.05) is 11.9 Å². The Labute approximate surface area is 147 Å². The van der Waals surface area contributed by atoms with Crippen molar-refractivity contribution >= 4 is 51.0 Å². The summed E-state index contributed by atoms with van der Waals surface area (Å²) >= 11 is 15.4. The van der Waals surface area contributed by atoms with Crippen LogP contribution in [-0.2, 0) is 0 Å². The first kappa shape index (κ1) is 17.1. The molecule has 5 heteroatoms. The van der Waals surface area contributed by atoms with Gasteiger partial charge in [-0.2, -0.15) is 0 Å². The van der Waals surface area contributed by atoms with Gasteiger partial charge in [0.15, 0.2) is 5.78 Å². The minimum atomic E-state index is -0.122. The van der Waals surface area contributed by atoms with E-state index in [9.17, 15) is 4.79 Å². The Bertz CT molecular complexity index is 661. The monoisotopic (exact) mass is 398 g/mol. The van der Waals surface area contributed by atoms with Gasteiger partial charge in [0.1, 0.15) is 5.75 Å². The van der Waals surface area contributed by atoms with Crippen LogP contribution in [0.25, 0.3) is 6.08 Å². The first-order chi connectivity index (χ1) is 10.6. The molecule has 22 heavy (non-hydrogen) atoms. The number of ether oxygens (including phenoxy) is 1. The molecule has 0 aliphatic heterocycles. The number of hydrogen-bond acceptors (Lipinski definition) is 2. The molecular formula is C17H13BrCl2O2. The fourth-order valence-electron chi connectivity index (χ4n) is 1.80. The Morgan fingerprint density at radius 3 is 2.32 bits per heavy atom. The van der Waals surface area contributed by atoms with Gasteiger partial charge in [-0.1, -0.05) is 45.2 Å². The number of carbonyl (C=O) groups excluding carboxylic acids is 1. The van der Waals surface area contributed by atoms with Crippen molar-refractivity contribution in [2.24, 2.45) is 0 Å². The summed E-state index contributed by atoms with van der Waals surface area (Å²) in [4.78, 5) is 12.1. The molecule has 0 saturated heterocycles. The third-order valence-electron chi connectivity index (χ3n) is 2.89. The molecule has 114 valence electrons. The number of alkyl halides is 1. The molecule has 0 aliphatic carbocycles. The van der Waals surface area contributed by atoms with Crippen molar-refractivity contribution in [1.29, 1.82) is 0 Å². The van der Waals surface area contributed by atoms with E-state index in [2.05, 4.69) is 15.9 Å². The zero-order chi connectivity index (χ0) is 15.9. The lowest BCUT2D eigenvalue weighted by Crippen LogP contribution is -1.99. The molecule has 0 saturated carbocycles. The van der Waals surface area contributed by atoms with Crippen LogP contribution in [0, 0.1) is 0 Å². The van der Waals surface area contributed by atoms with E-state index in [4.69, 9.17) is 27.9 Å². The number of carbonyl (C=O) groups is 1. The number of ketones is 1. The zero-order valence-corrected chi connectivity index (χ0v) is 14.7. The lowest BCUT2D eigenvalue weighted by Gasteiger charge is -2.04. The largest absolute Gasteiger partial charge is 0.493 e. The van der Waals surface area contributed by atoms with E-state index in [-0.39, 0.29) is 5.78 Å². The summed E-state index contributed by atoms with van der Waals surface area (Å²) in [6.07, 6.45) is 3.09. The molecule has 0 aromatic heterocycles. The van der Waals surface area contributed by atoms with Crippen molar-refractivity contribution < 1.29 is 9.53 Å². The molecule has 2 aromatic carbocycles. The first-order valence-electron chi connectivity index (χ1n) is 6.57. The third-order valence-corrected chi connectivity index (χ3v) is 3.87. The first-order valence-corrected chi connectivity index (χ1v) is 8.45. The van der Waals surface area contributed by atoms with E-state index >= 15 is 0 Å². The fourth-order valence-corrected chi connectivity index (χ4v) is 2.48. The van der Waals surface area contributed by atoms with Crippen molar-refractivity contribution in [2.45, 2.75) is 0 Å². The van der Waals surface area contributed by atoms with Crippen molar-refractivity contribution in [3.05, 3.63) is 69.7 Å². The molecule has 0 amide bonds. The minimum Gasteiger partial charge on any atom is -0.493 e. The SMILES string of the molecule is O=C(/C=C/c1c(Cl)cccc1Cl)c1ccc(OCCBr)cc1. The van der Waals surface area contributed by atoms with Crippen LogP contribution in [0.2, 0.25) is 10.0 Å². The van der Waals surface area contributed by atoms with Crippen LogP contribution >= 0.6 is 39.1 Å². The van der Waals surface area contributed by atoms with E-state index < -0.39 is 0 Å². The fraction of sp³-hybridized carbons (Fsp3) is 0.118. The predicted octanol–water partition coefficient (Wildman–Crippen LogP) is 5.66. The minimum absolute atomic E-state index is 0.122. The second kappa shape index (κ2) is 8.37. The normalized spacial score (nSPS) is 10.9. The van der Waals surface area contributed by atoms with E-state index in [1.165, 1.54) is 6.08 Å². The Morgan fingerprint density at radius 2 is 1.73 bits per heavy atom. The van der Waals surface area contributed by atoms with Gasteiger partial charge >= 0.3 is 0 Å². The van der Waals surface area contributed by atoms with Crippen molar-refractivity contribution in [3.8, 4) is 5.75 Å². The molecule has 0 unspecified atom stereocenters. The van der Waals surface area contributed by atoms with Crippen LogP contribution in [0.5, 0.6) is 5.75 Å². The second-order valence-corrected chi connectivity index (χ2v) is 6.00. The van der Waals surface area contributed by atoms with E-state index in [1.54, 1.807) is 48.5 Å². The van der Waals surface area contributed by atoms with Gasteiger partial charge in [0.25, 0.3) is 0 Å². The third kappa shape index (κ3) is 4.60. The molecule has 0 fully saturated rings. The molecule has 2 rings (SSSR count). The van der Waals surface area contributed by atoms with Crippen LogP contribution in [0.4, 0.5) is 0 Å². The maximum atomic E-state index is 12.1. The molecular weight excluding hydrogens is 387 g/mol. The maximum Gasteiger partial charge on any atom is 0.185 e. The Hall–Kier alpha value is -1.29. The maximum absolute atomic E-state index is 12.1. The molecule has 2 nitrogen and oxygen atoms in total. The molecule has 0 heterocycles. The summed E-state index contributed by atoms with van der Waals surface area (Å²) < 4.78 is 5.44. The summed E-state index contributed by atoms with van der Waals surface area (Å²) in [5, 5.41) is 1.78. The van der Waals surface area contributed by atoms with Crippen LogP contribution in [0.15, 0.2) is 48.5 Å². The summed E-state index contributed by atoms with van der Waals surface area (Å²) in [7, 11) is 0. The van der Waals surface area contributed by atoms with Crippen LogP contribution in [0.3, 0.4) is 0 Å². The van der Waals surface area contributed by atoms with Gasteiger partial charge in [-0.25, -0.2) is 0 Å². The van der Waals surface area contributed by atoms with E-state index in [0.717, 1.165) is 11.1 Å². The van der Waals surface area contributed by atoms with Gasteiger partial charge in [0.05, 0.1) is 6.61 Å². The Morgan fingerprint density at radius 1 is 1.09 bits per heavy atom. The number of hydrogen-bond donors (Lipinski definition) is 0. The van der Waals surface area contributed by atoms with Gasteiger partial charge in [-0.15, -0.1) is 0 Å². The highest BCUT2D eigenvalue weighted by atomic mass is 79.9. The lowest BCUT2D eigenvalue weighted by atomic mass is 10.1. The highest BCUT2D eigenvalue weighted by Gasteiger charge is 2.05.